The van der Waals surface area contributed by atoms with Crippen molar-refractivity contribution in [3.05, 3.63) is 65.2 Å². The van der Waals surface area contributed by atoms with Crippen LogP contribution < -0.4 is 0 Å². The van der Waals surface area contributed by atoms with Crippen LogP contribution >= 0.6 is 0 Å². The second kappa shape index (κ2) is 4.49. The molecule has 1 aromatic heterocycles. The second-order valence-electron chi connectivity index (χ2n) is 4.62. The molecule has 3 rings (SSSR count). The van der Waals surface area contributed by atoms with Crippen LogP contribution in [0, 0.1) is 0 Å². The molecule has 1 aromatic carbocycles. The molecule has 0 atom stereocenters. The zero-order chi connectivity index (χ0) is 14.3. The number of hydrogen-bond donors (Lipinski definition) is 0. The van der Waals surface area contributed by atoms with Gasteiger partial charge in [-0.25, -0.2) is 0 Å². The Morgan fingerprint density at radius 3 is 2.35 bits per heavy atom. The summed E-state index contributed by atoms with van der Waals surface area (Å²) in [5.41, 5.74) is 1.83. The molecule has 0 radical (unpaired) electrons. The van der Waals surface area contributed by atoms with Gasteiger partial charge in [-0.2, -0.15) is 0 Å². The number of nitrogens with zero attached hydrogens (tertiary/aromatic N) is 1. The van der Waals surface area contributed by atoms with E-state index in [0.717, 1.165) is 0 Å². The number of aromatic nitrogens is 1. The maximum Gasteiger partial charge on any atom is 0.245 e. The molecule has 0 spiro atoms. The van der Waals surface area contributed by atoms with Crippen LogP contribution in [0.1, 0.15) is 26.4 Å². The van der Waals surface area contributed by atoms with Crippen molar-refractivity contribution in [1.29, 1.82) is 0 Å². The number of aryl methyl sites for hydroxylation is 1. The number of rotatable bonds is 2. The first kappa shape index (κ1) is 12.4. The lowest BCUT2D eigenvalue weighted by atomic mass is 9.88. The van der Waals surface area contributed by atoms with Gasteiger partial charge in [0.2, 0.25) is 5.78 Å². The fraction of sp³-hybridized carbons (Fsp3) is 0.125. The first-order chi connectivity index (χ1) is 9.65. The van der Waals surface area contributed by atoms with E-state index in [-0.39, 0.29) is 17.3 Å². The van der Waals surface area contributed by atoms with Gasteiger partial charge in [0.15, 0.2) is 11.5 Å². The van der Waals surface area contributed by atoms with Gasteiger partial charge in [-0.05, 0) is 11.6 Å². The zero-order valence-electron chi connectivity index (χ0n) is 11.2. The van der Waals surface area contributed by atoms with Crippen molar-refractivity contribution >= 4 is 17.1 Å². The summed E-state index contributed by atoms with van der Waals surface area (Å²) in [4.78, 5) is 25.1. The van der Waals surface area contributed by atoms with Gasteiger partial charge in [-0.15, -0.1) is 0 Å². The number of hydrogen-bond acceptors (Lipinski definition) is 3. The van der Waals surface area contributed by atoms with E-state index < -0.39 is 0 Å². The van der Waals surface area contributed by atoms with Crippen LogP contribution in [0.25, 0.3) is 5.57 Å². The summed E-state index contributed by atoms with van der Waals surface area (Å²) < 4.78 is 6.87. The van der Waals surface area contributed by atoms with Gasteiger partial charge in [0.05, 0.1) is 18.2 Å². The van der Waals surface area contributed by atoms with Gasteiger partial charge >= 0.3 is 0 Å². The number of fused-ring (bicyclic) bond motifs is 1. The molecule has 0 unspecified atom stereocenters. The van der Waals surface area contributed by atoms with Gasteiger partial charge in [0.25, 0.3) is 0 Å². The molecule has 0 saturated heterocycles. The molecule has 1 heterocycles. The first-order valence-electron chi connectivity index (χ1n) is 6.23. The van der Waals surface area contributed by atoms with Crippen molar-refractivity contribution in [2.75, 3.05) is 7.11 Å². The molecule has 1 aliphatic rings. The van der Waals surface area contributed by atoms with Gasteiger partial charge in [0.1, 0.15) is 5.69 Å². The minimum Gasteiger partial charge on any atom is -0.492 e. The van der Waals surface area contributed by atoms with Gasteiger partial charge in [-0.3, -0.25) is 9.59 Å². The second-order valence-corrected chi connectivity index (χ2v) is 4.62. The Hall–Kier alpha value is -2.62. The average molecular weight is 267 g/mol. The summed E-state index contributed by atoms with van der Waals surface area (Å²) in [6.45, 7) is 0. The SMILES string of the molecule is COC1=C(c2ccccc2)C(=O)c2ccn(C)c2C1=O. The minimum atomic E-state index is -0.256. The normalized spacial score (nSPS) is 14.5. The Labute approximate surface area is 116 Å². The summed E-state index contributed by atoms with van der Waals surface area (Å²) in [7, 11) is 3.15. The van der Waals surface area contributed by atoms with E-state index in [4.69, 9.17) is 4.74 Å². The largest absolute Gasteiger partial charge is 0.492 e. The molecule has 4 nitrogen and oxygen atoms in total. The van der Waals surface area contributed by atoms with Crippen LogP contribution in [0.5, 0.6) is 0 Å². The number of ether oxygens (including phenoxy) is 1. The van der Waals surface area contributed by atoms with Gasteiger partial charge in [-0.1, -0.05) is 30.3 Å². The van der Waals surface area contributed by atoms with E-state index >= 15 is 0 Å². The lowest BCUT2D eigenvalue weighted by Gasteiger charge is -2.18. The number of carbonyl (C=O) groups is 2. The number of ketones is 2. The molecular weight excluding hydrogens is 254 g/mol. The third-order valence-corrected chi connectivity index (χ3v) is 3.46. The fourth-order valence-electron chi connectivity index (χ4n) is 2.52. The molecule has 100 valence electrons. The number of allylic oxidation sites excluding steroid dienone is 2. The lowest BCUT2D eigenvalue weighted by molar-refractivity contribution is 0.0918. The molecule has 0 bridgehead atoms. The van der Waals surface area contributed by atoms with Crippen LogP contribution in [0.4, 0.5) is 0 Å². The zero-order valence-corrected chi connectivity index (χ0v) is 11.2. The lowest BCUT2D eigenvalue weighted by Crippen LogP contribution is -2.23. The average Bonchev–Trinajstić information content (AvgIpc) is 2.86. The molecule has 0 N–H and O–H groups in total. The Balaban J connectivity index is 2.27. The molecule has 0 fully saturated rings. The van der Waals surface area contributed by atoms with Crippen molar-refractivity contribution in [3.8, 4) is 0 Å². The molecule has 0 aliphatic heterocycles. The number of Topliss-reactive ketones (excluding diaryl/α,β-unsaturated/α-hetero) is 2. The highest BCUT2D eigenvalue weighted by Gasteiger charge is 2.35. The smallest absolute Gasteiger partial charge is 0.245 e. The van der Waals surface area contributed by atoms with Crippen molar-refractivity contribution in [3.63, 3.8) is 0 Å². The van der Waals surface area contributed by atoms with Crippen LogP contribution in [-0.4, -0.2) is 23.2 Å². The van der Waals surface area contributed by atoms with Crippen molar-refractivity contribution < 1.29 is 14.3 Å². The summed E-state index contributed by atoms with van der Waals surface area (Å²) in [5.74, 6) is -0.327. The maximum atomic E-state index is 12.6. The molecular formula is C16H13NO3. The predicted molar refractivity (Wildman–Crippen MR) is 74.4 cm³/mol. The van der Waals surface area contributed by atoms with E-state index in [0.29, 0.717) is 22.4 Å². The van der Waals surface area contributed by atoms with E-state index in [9.17, 15) is 9.59 Å². The summed E-state index contributed by atoms with van der Waals surface area (Å²) in [6, 6.07) is 10.8. The summed E-state index contributed by atoms with van der Waals surface area (Å²) >= 11 is 0. The van der Waals surface area contributed by atoms with Crippen LogP contribution in [0.3, 0.4) is 0 Å². The van der Waals surface area contributed by atoms with Gasteiger partial charge < -0.3 is 9.30 Å². The Kier molecular flexibility index (Phi) is 2.79. The highest BCUT2D eigenvalue weighted by Crippen LogP contribution is 2.32. The first-order valence-corrected chi connectivity index (χ1v) is 6.23. The number of carbonyl (C=O) groups excluding carboxylic acids is 2. The van der Waals surface area contributed by atoms with Crippen molar-refractivity contribution in [2.45, 2.75) is 0 Å². The molecule has 0 saturated carbocycles. The van der Waals surface area contributed by atoms with E-state index in [1.165, 1.54) is 7.11 Å². The third kappa shape index (κ3) is 1.61. The van der Waals surface area contributed by atoms with Gasteiger partial charge in [0, 0.05) is 13.2 Å². The minimum absolute atomic E-state index is 0.107. The summed E-state index contributed by atoms with van der Waals surface area (Å²) in [6.07, 6.45) is 1.71. The van der Waals surface area contributed by atoms with Crippen LogP contribution in [-0.2, 0) is 11.8 Å². The predicted octanol–water partition coefficient (Wildman–Crippen LogP) is 2.46. The standard InChI is InChI=1S/C16H13NO3/c1-17-9-8-11-13(17)15(19)16(20-2)12(14(11)18)10-6-4-3-5-7-10/h3-9H,1-2H3. The van der Waals surface area contributed by atoms with Crippen molar-refractivity contribution in [1.82, 2.24) is 4.57 Å². The fourth-order valence-corrected chi connectivity index (χ4v) is 2.52. The monoisotopic (exact) mass is 267 g/mol. The number of methoxy groups -OCH3 is 1. The highest BCUT2D eigenvalue weighted by molar-refractivity contribution is 6.39. The molecule has 20 heavy (non-hydrogen) atoms. The summed E-state index contributed by atoms with van der Waals surface area (Å²) in [5, 5.41) is 0. The molecule has 1 aliphatic carbocycles. The van der Waals surface area contributed by atoms with Crippen LogP contribution in [0.2, 0.25) is 0 Å². The maximum absolute atomic E-state index is 12.6. The quantitative estimate of drug-likeness (QED) is 0.839. The molecule has 2 aromatic rings. The topological polar surface area (TPSA) is 48.3 Å². The van der Waals surface area contributed by atoms with E-state index in [2.05, 4.69) is 0 Å². The van der Waals surface area contributed by atoms with E-state index in [1.54, 1.807) is 36.0 Å². The molecule has 4 heteroatoms. The van der Waals surface area contributed by atoms with E-state index in [1.807, 2.05) is 18.2 Å². The third-order valence-electron chi connectivity index (χ3n) is 3.46. The Morgan fingerprint density at radius 2 is 1.70 bits per heavy atom. The Morgan fingerprint density at radius 1 is 1.00 bits per heavy atom. The highest BCUT2D eigenvalue weighted by atomic mass is 16.5. The Bertz CT molecular complexity index is 738. The van der Waals surface area contributed by atoms with Crippen molar-refractivity contribution in [2.24, 2.45) is 7.05 Å². The number of benzene rings is 1. The van der Waals surface area contributed by atoms with Crippen LogP contribution in [0.15, 0.2) is 48.4 Å². The molecule has 0 amide bonds.